The van der Waals surface area contributed by atoms with E-state index in [9.17, 15) is 0 Å². The van der Waals surface area contributed by atoms with Crippen LogP contribution in [0.2, 0.25) is 0 Å². The van der Waals surface area contributed by atoms with Crippen LogP contribution < -0.4 is 5.73 Å². The quantitative estimate of drug-likeness (QED) is 0.538. The van der Waals surface area contributed by atoms with Crippen molar-refractivity contribution in [2.45, 2.75) is 0 Å². The van der Waals surface area contributed by atoms with Gasteiger partial charge in [-0.2, -0.15) is 0 Å². The zero-order chi connectivity index (χ0) is 6.97. The fourth-order valence-corrected chi connectivity index (χ4v) is 0.738. The number of nitrogens with zero attached hydrogens (tertiary/aromatic N) is 4. The van der Waals surface area contributed by atoms with Crippen molar-refractivity contribution in [1.29, 1.82) is 0 Å². The molecule has 0 aliphatic carbocycles. The van der Waals surface area contributed by atoms with E-state index >= 15 is 0 Å². The number of hydrogen-bond acceptors (Lipinski definition) is 4. The minimum Gasteiger partial charge on any atom is -0.396 e. The van der Waals surface area contributed by atoms with E-state index in [4.69, 9.17) is 5.73 Å². The van der Waals surface area contributed by atoms with Gasteiger partial charge in [0.15, 0.2) is 5.65 Å². The maximum Gasteiger partial charge on any atom is 0.175 e. The van der Waals surface area contributed by atoms with E-state index < -0.39 is 0 Å². The Morgan fingerprint density at radius 2 is 2.30 bits per heavy atom. The van der Waals surface area contributed by atoms with Crippen molar-refractivity contribution < 1.29 is 0 Å². The molecule has 0 saturated heterocycles. The van der Waals surface area contributed by atoms with E-state index in [1.54, 1.807) is 18.6 Å². The highest BCUT2D eigenvalue weighted by Crippen LogP contribution is 1.99. The first-order valence-electron chi connectivity index (χ1n) is 2.78. The van der Waals surface area contributed by atoms with Crippen molar-refractivity contribution in [3.05, 3.63) is 18.6 Å². The summed E-state index contributed by atoms with van der Waals surface area (Å²) in [7, 11) is 0. The molecule has 5 nitrogen and oxygen atoms in total. The fourth-order valence-electron chi connectivity index (χ4n) is 0.738. The van der Waals surface area contributed by atoms with Crippen LogP contribution in [0, 0.1) is 0 Å². The Bertz CT molecular complexity index is 352. The van der Waals surface area contributed by atoms with Crippen LogP contribution in [0.25, 0.3) is 5.65 Å². The molecule has 2 heterocycles. The monoisotopic (exact) mass is 135 g/mol. The second-order valence-corrected chi connectivity index (χ2v) is 1.92. The number of fused-ring (bicyclic) bond motifs is 1. The highest BCUT2D eigenvalue weighted by Gasteiger charge is 1.93. The van der Waals surface area contributed by atoms with Crippen LogP contribution in [0.15, 0.2) is 18.6 Å². The third kappa shape index (κ3) is 0.604. The highest BCUT2D eigenvalue weighted by molar-refractivity contribution is 5.40. The van der Waals surface area contributed by atoms with Gasteiger partial charge < -0.3 is 5.73 Å². The first-order chi connectivity index (χ1) is 4.86. The molecule has 2 N–H and O–H groups in total. The molecule has 0 radical (unpaired) electrons. The molecule has 0 bridgehead atoms. The second-order valence-electron chi connectivity index (χ2n) is 1.92. The second kappa shape index (κ2) is 1.66. The molecular weight excluding hydrogens is 130 g/mol. The summed E-state index contributed by atoms with van der Waals surface area (Å²) in [5.74, 6) is 0. The number of nitrogens with two attached hydrogens (primary N) is 1. The van der Waals surface area contributed by atoms with Crippen LogP contribution in [-0.2, 0) is 0 Å². The van der Waals surface area contributed by atoms with Gasteiger partial charge >= 0.3 is 0 Å². The van der Waals surface area contributed by atoms with Gasteiger partial charge in [-0.05, 0) is 0 Å². The normalized spacial score (nSPS) is 10.4. The Kier molecular flexibility index (Phi) is 0.858. The Morgan fingerprint density at radius 1 is 1.40 bits per heavy atom. The summed E-state index contributed by atoms with van der Waals surface area (Å²) < 4.78 is 1.52. The number of aromatic nitrogens is 4. The maximum atomic E-state index is 5.43. The van der Waals surface area contributed by atoms with Gasteiger partial charge in [0.1, 0.15) is 0 Å². The van der Waals surface area contributed by atoms with Crippen LogP contribution >= 0.6 is 0 Å². The average Bonchev–Trinajstić information content (AvgIpc) is 2.33. The molecule has 0 fully saturated rings. The Morgan fingerprint density at radius 3 is 3.20 bits per heavy atom. The van der Waals surface area contributed by atoms with E-state index in [1.165, 1.54) is 4.52 Å². The van der Waals surface area contributed by atoms with Crippen molar-refractivity contribution in [3.8, 4) is 0 Å². The molecule has 0 spiro atoms. The molecule has 5 heteroatoms. The van der Waals surface area contributed by atoms with Crippen molar-refractivity contribution in [2.75, 3.05) is 5.73 Å². The standard InChI is InChI=1S/C5H5N5/c6-4-1-7-5-2-8-9-10(5)3-4/h1-3H,6H2. The van der Waals surface area contributed by atoms with E-state index in [0.717, 1.165) is 0 Å². The predicted octanol–water partition coefficient (Wildman–Crippen LogP) is -0.294. The van der Waals surface area contributed by atoms with Gasteiger partial charge in [0.05, 0.1) is 24.3 Å². The van der Waals surface area contributed by atoms with Gasteiger partial charge in [-0.1, -0.05) is 5.21 Å². The maximum absolute atomic E-state index is 5.43. The molecule has 0 aliphatic rings. The summed E-state index contributed by atoms with van der Waals surface area (Å²) in [5, 5.41) is 7.34. The summed E-state index contributed by atoms with van der Waals surface area (Å²) in [4.78, 5) is 3.95. The minimum atomic E-state index is 0.581. The lowest BCUT2D eigenvalue weighted by Gasteiger charge is -1.90. The summed E-state index contributed by atoms with van der Waals surface area (Å²) >= 11 is 0. The molecule has 2 rings (SSSR count). The third-order valence-electron chi connectivity index (χ3n) is 1.17. The molecule has 0 atom stereocenters. The zero-order valence-corrected chi connectivity index (χ0v) is 5.10. The van der Waals surface area contributed by atoms with Crippen molar-refractivity contribution in [2.24, 2.45) is 0 Å². The van der Waals surface area contributed by atoms with Gasteiger partial charge in [0.2, 0.25) is 0 Å². The van der Waals surface area contributed by atoms with Gasteiger partial charge in [-0.15, -0.1) is 5.10 Å². The van der Waals surface area contributed by atoms with Gasteiger partial charge in [-0.25, -0.2) is 9.50 Å². The van der Waals surface area contributed by atoms with E-state index in [2.05, 4.69) is 15.3 Å². The zero-order valence-electron chi connectivity index (χ0n) is 5.10. The van der Waals surface area contributed by atoms with E-state index in [1.807, 2.05) is 0 Å². The SMILES string of the molecule is Nc1cnc2cnnn2c1. The molecule has 0 amide bonds. The molecular formula is C5H5N5. The number of anilines is 1. The lowest BCUT2D eigenvalue weighted by atomic mass is 10.5. The van der Waals surface area contributed by atoms with E-state index in [-0.39, 0.29) is 0 Å². The highest BCUT2D eigenvalue weighted by atomic mass is 15.4. The van der Waals surface area contributed by atoms with Crippen LogP contribution in [0.5, 0.6) is 0 Å². The smallest absolute Gasteiger partial charge is 0.175 e. The third-order valence-corrected chi connectivity index (χ3v) is 1.17. The van der Waals surface area contributed by atoms with E-state index in [0.29, 0.717) is 11.3 Å². The van der Waals surface area contributed by atoms with Gasteiger partial charge in [0, 0.05) is 0 Å². The van der Waals surface area contributed by atoms with Crippen LogP contribution in [0.4, 0.5) is 5.69 Å². The van der Waals surface area contributed by atoms with Crippen molar-refractivity contribution in [1.82, 2.24) is 19.8 Å². The lowest BCUT2D eigenvalue weighted by Crippen LogP contribution is -1.93. The largest absolute Gasteiger partial charge is 0.396 e. The Balaban J connectivity index is 2.86. The molecule has 2 aromatic rings. The Labute approximate surface area is 56.5 Å². The summed E-state index contributed by atoms with van der Waals surface area (Å²) in [5.41, 5.74) is 6.72. The molecule has 0 unspecified atom stereocenters. The molecule has 2 aromatic heterocycles. The number of rotatable bonds is 0. The molecule has 0 aromatic carbocycles. The fraction of sp³-hybridized carbons (Fsp3) is 0. The van der Waals surface area contributed by atoms with Crippen LogP contribution in [-0.4, -0.2) is 19.8 Å². The molecule has 10 heavy (non-hydrogen) atoms. The molecule has 0 aliphatic heterocycles. The van der Waals surface area contributed by atoms with Gasteiger partial charge in [0.25, 0.3) is 0 Å². The Hall–Kier alpha value is -1.65. The topological polar surface area (TPSA) is 69.1 Å². The first-order valence-corrected chi connectivity index (χ1v) is 2.78. The first kappa shape index (κ1) is 5.16. The lowest BCUT2D eigenvalue weighted by molar-refractivity contribution is 0.848. The average molecular weight is 135 g/mol. The predicted molar refractivity (Wildman–Crippen MR) is 35.2 cm³/mol. The summed E-state index contributed by atoms with van der Waals surface area (Å²) in [6.07, 6.45) is 4.80. The summed E-state index contributed by atoms with van der Waals surface area (Å²) in [6, 6.07) is 0. The number of hydrogen-bond donors (Lipinski definition) is 1. The van der Waals surface area contributed by atoms with Crippen molar-refractivity contribution >= 4 is 11.3 Å². The summed E-state index contributed by atoms with van der Waals surface area (Å²) in [6.45, 7) is 0. The molecule has 0 saturated carbocycles. The van der Waals surface area contributed by atoms with Crippen molar-refractivity contribution in [3.63, 3.8) is 0 Å². The van der Waals surface area contributed by atoms with Crippen LogP contribution in [0.1, 0.15) is 0 Å². The van der Waals surface area contributed by atoms with Gasteiger partial charge in [-0.3, -0.25) is 0 Å². The molecule has 50 valence electrons. The number of nitrogen functional groups attached to an aromatic ring is 1. The minimum absolute atomic E-state index is 0.581. The van der Waals surface area contributed by atoms with Crippen LogP contribution in [0.3, 0.4) is 0 Å².